The zero-order valence-electron chi connectivity index (χ0n) is 15.1. The van der Waals surface area contributed by atoms with Crippen LogP contribution in [-0.4, -0.2) is 30.3 Å². The van der Waals surface area contributed by atoms with Crippen LogP contribution in [0.25, 0.3) is 16.9 Å². The molecule has 1 aromatic carbocycles. The minimum atomic E-state index is -0.424. The number of nitrogens with one attached hydrogen (secondary N) is 1. The summed E-state index contributed by atoms with van der Waals surface area (Å²) in [6, 6.07) is 8.47. The van der Waals surface area contributed by atoms with E-state index in [1.165, 1.54) is 0 Å². The van der Waals surface area contributed by atoms with Crippen molar-refractivity contribution in [1.29, 1.82) is 0 Å². The standard InChI is InChI=1S/C19H16Cl2N6O/c1-3-26-11(2)12(10-23-26)16-7-8-22-17-9-15(25-27(16)17)19(28)24-18-13(20)5-4-6-14(18)21/h4-10H,3H2,1-2H3,(H,24,28). The van der Waals surface area contributed by atoms with Crippen LogP contribution >= 0.6 is 23.2 Å². The van der Waals surface area contributed by atoms with Crippen molar-refractivity contribution in [3.63, 3.8) is 0 Å². The summed E-state index contributed by atoms with van der Waals surface area (Å²) in [6.45, 7) is 4.79. The van der Waals surface area contributed by atoms with Gasteiger partial charge in [0.2, 0.25) is 0 Å². The molecule has 0 unspecified atom stereocenters. The Kier molecular flexibility index (Phi) is 4.78. The second kappa shape index (κ2) is 7.26. The molecule has 1 amide bonds. The molecule has 4 aromatic rings. The number of para-hydroxylation sites is 1. The monoisotopic (exact) mass is 414 g/mol. The third-order valence-corrected chi connectivity index (χ3v) is 5.10. The number of benzene rings is 1. The predicted molar refractivity (Wildman–Crippen MR) is 109 cm³/mol. The number of nitrogens with zero attached hydrogens (tertiary/aromatic N) is 5. The van der Waals surface area contributed by atoms with Crippen molar-refractivity contribution in [3.8, 4) is 11.3 Å². The summed E-state index contributed by atoms with van der Waals surface area (Å²) >= 11 is 12.3. The Balaban J connectivity index is 1.74. The average Bonchev–Trinajstić information content (AvgIpc) is 3.28. The van der Waals surface area contributed by atoms with Crippen molar-refractivity contribution < 1.29 is 4.79 Å². The second-order valence-corrected chi connectivity index (χ2v) is 6.95. The van der Waals surface area contributed by atoms with Crippen LogP contribution in [0.15, 0.2) is 42.7 Å². The van der Waals surface area contributed by atoms with Gasteiger partial charge in [0.25, 0.3) is 5.91 Å². The zero-order valence-corrected chi connectivity index (χ0v) is 16.7. The van der Waals surface area contributed by atoms with E-state index in [4.69, 9.17) is 23.2 Å². The minimum absolute atomic E-state index is 0.205. The summed E-state index contributed by atoms with van der Waals surface area (Å²) in [5.74, 6) is -0.424. The number of aryl methyl sites for hydroxylation is 1. The Morgan fingerprint density at radius 3 is 2.64 bits per heavy atom. The predicted octanol–water partition coefficient (Wildman–Crippen LogP) is 4.48. The number of carbonyl (C=O) groups is 1. The molecule has 0 radical (unpaired) electrons. The maximum atomic E-state index is 12.7. The largest absolute Gasteiger partial charge is 0.318 e. The lowest BCUT2D eigenvalue weighted by molar-refractivity contribution is 0.102. The molecule has 0 aliphatic rings. The molecule has 0 aliphatic heterocycles. The van der Waals surface area contributed by atoms with Crippen LogP contribution in [0, 0.1) is 6.92 Å². The number of aromatic nitrogens is 5. The molecule has 1 N–H and O–H groups in total. The van der Waals surface area contributed by atoms with Gasteiger partial charge >= 0.3 is 0 Å². The van der Waals surface area contributed by atoms with Crippen molar-refractivity contribution in [2.75, 3.05) is 5.32 Å². The lowest BCUT2D eigenvalue weighted by Gasteiger charge is -2.07. The van der Waals surface area contributed by atoms with Crippen LogP contribution in [0.5, 0.6) is 0 Å². The Hall–Kier alpha value is -2.90. The third kappa shape index (κ3) is 3.12. The number of carbonyl (C=O) groups excluding carboxylic acids is 1. The number of hydrogen-bond acceptors (Lipinski definition) is 4. The van der Waals surface area contributed by atoms with E-state index >= 15 is 0 Å². The molecule has 4 rings (SSSR count). The SMILES string of the molecule is CCn1ncc(-c2ccnc3cc(C(=O)Nc4c(Cl)cccc4Cl)nn23)c1C. The highest BCUT2D eigenvalue weighted by atomic mass is 35.5. The number of fused-ring (bicyclic) bond motifs is 1. The van der Waals surface area contributed by atoms with Gasteiger partial charge in [-0.15, -0.1) is 0 Å². The Morgan fingerprint density at radius 2 is 1.96 bits per heavy atom. The van der Waals surface area contributed by atoms with E-state index in [1.54, 1.807) is 41.2 Å². The van der Waals surface area contributed by atoms with Crippen molar-refractivity contribution in [1.82, 2.24) is 24.4 Å². The number of amides is 1. The fourth-order valence-electron chi connectivity index (χ4n) is 3.02. The maximum Gasteiger partial charge on any atom is 0.276 e. The first kappa shape index (κ1) is 18.5. The van der Waals surface area contributed by atoms with Gasteiger partial charge in [0.1, 0.15) is 0 Å². The minimum Gasteiger partial charge on any atom is -0.318 e. The van der Waals surface area contributed by atoms with Crippen molar-refractivity contribution >= 4 is 40.4 Å². The van der Waals surface area contributed by atoms with Gasteiger partial charge in [-0.3, -0.25) is 9.48 Å². The summed E-state index contributed by atoms with van der Waals surface area (Å²) in [4.78, 5) is 17.0. The second-order valence-electron chi connectivity index (χ2n) is 6.14. The van der Waals surface area contributed by atoms with Crippen LogP contribution in [0.3, 0.4) is 0 Å². The summed E-state index contributed by atoms with van der Waals surface area (Å²) in [5, 5.41) is 12.2. The zero-order chi connectivity index (χ0) is 19.8. The fraction of sp³-hybridized carbons (Fsp3) is 0.158. The number of hydrogen-bond donors (Lipinski definition) is 1. The highest BCUT2D eigenvalue weighted by Crippen LogP contribution is 2.30. The van der Waals surface area contributed by atoms with E-state index in [-0.39, 0.29) is 5.69 Å². The van der Waals surface area contributed by atoms with Crippen molar-refractivity contribution in [3.05, 3.63) is 64.2 Å². The fourth-order valence-corrected chi connectivity index (χ4v) is 3.51. The van der Waals surface area contributed by atoms with Gasteiger partial charge in [-0.1, -0.05) is 29.3 Å². The molecule has 7 nitrogen and oxygen atoms in total. The van der Waals surface area contributed by atoms with E-state index in [9.17, 15) is 4.79 Å². The molecule has 142 valence electrons. The first-order valence-electron chi connectivity index (χ1n) is 8.62. The summed E-state index contributed by atoms with van der Waals surface area (Å²) in [6.07, 6.45) is 3.47. The van der Waals surface area contributed by atoms with Gasteiger partial charge in [-0.25, -0.2) is 9.50 Å². The molecule has 0 aliphatic carbocycles. The van der Waals surface area contributed by atoms with Crippen LogP contribution in [0.1, 0.15) is 23.1 Å². The molecule has 3 heterocycles. The smallest absolute Gasteiger partial charge is 0.276 e. The van der Waals surface area contributed by atoms with Crippen LogP contribution in [0.4, 0.5) is 5.69 Å². The van der Waals surface area contributed by atoms with Gasteiger partial charge in [0.05, 0.1) is 27.6 Å². The van der Waals surface area contributed by atoms with E-state index in [1.807, 2.05) is 24.6 Å². The van der Waals surface area contributed by atoms with E-state index < -0.39 is 5.91 Å². The van der Waals surface area contributed by atoms with E-state index in [0.29, 0.717) is 21.4 Å². The van der Waals surface area contributed by atoms with Crippen molar-refractivity contribution in [2.45, 2.75) is 20.4 Å². The summed E-state index contributed by atoms with van der Waals surface area (Å²) in [7, 11) is 0. The lowest BCUT2D eigenvalue weighted by atomic mass is 10.2. The highest BCUT2D eigenvalue weighted by molar-refractivity contribution is 6.40. The van der Waals surface area contributed by atoms with E-state index in [2.05, 4.69) is 20.5 Å². The third-order valence-electron chi connectivity index (χ3n) is 4.47. The van der Waals surface area contributed by atoms with Crippen LogP contribution in [0.2, 0.25) is 10.0 Å². The van der Waals surface area contributed by atoms with Gasteiger partial charge in [0, 0.05) is 30.1 Å². The van der Waals surface area contributed by atoms with Gasteiger partial charge < -0.3 is 5.32 Å². The quantitative estimate of drug-likeness (QED) is 0.533. The Labute approximate surface area is 170 Å². The number of halogens is 2. The Morgan fingerprint density at radius 1 is 1.21 bits per heavy atom. The van der Waals surface area contributed by atoms with Crippen LogP contribution < -0.4 is 5.32 Å². The molecule has 0 saturated carbocycles. The van der Waals surface area contributed by atoms with Crippen molar-refractivity contribution in [2.24, 2.45) is 0 Å². The molecule has 0 bridgehead atoms. The van der Waals surface area contributed by atoms with E-state index in [0.717, 1.165) is 23.5 Å². The number of anilines is 1. The molecule has 3 aromatic heterocycles. The normalized spacial score (nSPS) is 11.1. The molecule has 0 saturated heterocycles. The first-order chi connectivity index (χ1) is 13.5. The molecular weight excluding hydrogens is 399 g/mol. The highest BCUT2D eigenvalue weighted by Gasteiger charge is 2.18. The molecular formula is C19H16Cl2N6O. The van der Waals surface area contributed by atoms with Gasteiger partial charge in [0.15, 0.2) is 11.3 Å². The average molecular weight is 415 g/mol. The molecule has 0 fully saturated rings. The molecule has 0 spiro atoms. The topological polar surface area (TPSA) is 77.1 Å². The first-order valence-corrected chi connectivity index (χ1v) is 9.38. The van der Waals surface area contributed by atoms with Crippen LogP contribution in [-0.2, 0) is 6.54 Å². The van der Waals surface area contributed by atoms with Gasteiger partial charge in [-0.05, 0) is 32.0 Å². The maximum absolute atomic E-state index is 12.7. The lowest BCUT2D eigenvalue weighted by Crippen LogP contribution is -2.13. The molecule has 28 heavy (non-hydrogen) atoms. The summed E-state index contributed by atoms with van der Waals surface area (Å²) in [5.41, 5.74) is 3.85. The summed E-state index contributed by atoms with van der Waals surface area (Å²) < 4.78 is 3.53. The molecule has 0 atom stereocenters. The molecule has 9 heteroatoms. The Bertz CT molecular complexity index is 1180. The van der Waals surface area contributed by atoms with Gasteiger partial charge in [-0.2, -0.15) is 10.2 Å². The number of rotatable bonds is 4.